The van der Waals surface area contributed by atoms with E-state index in [0.29, 0.717) is 18.5 Å². The SMILES string of the molecule is COC(=O)c1ccc(NC2(C(=O)O)CCC2)cc1F. The second kappa shape index (κ2) is 4.87. The van der Waals surface area contributed by atoms with Crippen molar-refractivity contribution in [3.8, 4) is 0 Å². The first kappa shape index (κ1) is 13.3. The number of carbonyl (C=O) groups excluding carboxylic acids is 1. The zero-order valence-corrected chi connectivity index (χ0v) is 10.4. The van der Waals surface area contributed by atoms with Crippen LogP contribution in [-0.2, 0) is 9.53 Å². The van der Waals surface area contributed by atoms with Gasteiger partial charge in [-0.1, -0.05) is 0 Å². The highest BCUT2D eigenvalue weighted by Gasteiger charge is 2.44. The number of methoxy groups -OCH3 is 1. The fourth-order valence-corrected chi connectivity index (χ4v) is 2.07. The highest BCUT2D eigenvalue weighted by molar-refractivity contribution is 5.90. The number of carbonyl (C=O) groups is 2. The first-order chi connectivity index (χ1) is 8.98. The van der Waals surface area contributed by atoms with Crippen LogP contribution in [0, 0.1) is 5.82 Å². The maximum absolute atomic E-state index is 13.7. The van der Waals surface area contributed by atoms with Crippen LogP contribution >= 0.6 is 0 Å². The number of ether oxygens (including phenoxy) is 1. The van der Waals surface area contributed by atoms with Gasteiger partial charge in [-0.3, -0.25) is 0 Å². The molecule has 1 saturated carbocycles. The predicted molar refractivity (Wildman–Crippen MR) is 65.6 cm³/mol. The van der Waals surface area contributed by atoms with Crippen LogP contribution < -0.4 is 5.32 Å². The van der Waals surface area contributed by atoms with Crippen molar-refractivity contribution in [2.45, 2.75) is 24.8 Å². The number of halogens is 1. The smallest absolute Gasteiger partial charge is 0.340 e. The van der Waals surface area contributed by atoms with Crippen LogP contribution in [0.4, 0.5) is 10.1 Å². The summed E-state index contributed by atoms with van der Waals surface area (Å²) in [6, 6.07) is 3.85. The number of anilines is 1. The molecule has 2 rings (SSSR count). The summed E-state index contributed by atoms with van der Waals surface area (Å²) in [6.45, 7) is 0. The lowest BCUT2D eigenvalue weighted by Gasteiger charge is -2.39. The van der Waals surface area contributed by atoms with Crippen molar-refractivity contribution in [1.29, 1.82) is 0 Å². The normalized spacial score (nSPS) is 16.3. The Kier molecular flexibility index (Phi) is 3.42. The van der Waals surface area contributed by atoms with Gasteiger partial charge in [0, 0.05) is 5.69 Å². The number of rotatable bonds is 4. The Balaban J connectivity index is 2.21. The summed E-state index contributed by atoms with van der Waals surface area (Å²) in [4.78, 5) is 22.4. The maximum atomic E-state index is 13.7. The van der Waals surface area contributed by atoms with Gasteiger partial charge >= 0.3 is 11.9 Å². The largest absolute Gasteiger partial charge is 0.480 e. The van der Waals surface area contributed by atoms with Gasteiger partial charge in [0.25, 0.3) is 0 Å². The molecule has 5 nitrogen and oxygen atoms in total. The number of carboxylic acid groups (broad SMARTS) is 1. The summed E-state index contributed by atoms with van der Waals surface area (Å²) in [5.74, 6) is -2.45. The Morgan fingerprint density at radius 1 is 1.42 bits per heavy atom. The zero-order chi connectivity index (χ0) is 14.0. The van der Waals surface area contributed by atoms with Crippen molar-refractivity contribution in [3.63, 3.8) is 0 Å². The minimum atomic E-state index is -1.01. The van der Waals surface area contributed by atoms with Crippen molar-refractivity contribution in [1.82, 2.24) is 0 Å². The van der Waals surface area contributed by atoms with E-state index < -0.39 is 23.3 Å². The van der Waals surface area contributed by atoms with Crippen LogP contribution in [0.1, 0.15) is 29.6 Å². The Bertz CT molecular complexity index is 525. The van der Waals surface area contributed by atoms with Gasteiger partial charge in [-0.25, -0.2) is 14.0 Å². The molecule has 102 valence electrons. The molecule has 1 aromatic carbocycles. The van der Waals surface area contributed by atoms with Gasteiger partial charge < -0.3 is 15.2 Å². The average Bonchev–Trinajstić information content (AvgIpc) is 2.32. The van der Waals surface area contributed by atoms with Crippen molar-refractivity contribution >= 4 is 17.6 Å². The fraction of sp³-hybridized carbons (Fsp3) is 0.385. The summed E-state index contributed by atoms with van der Waals surface area (Å²) in [7, 11) is 1.17. The molecule has 0 atom stereocenters. The van der Waals surface area contributed by atoms with Gasteiger partial charge in [-0.05, 0) is 37.5 Å². The highest BCUT2D eigenvalue weighted by Crippen LogP contribution is 2.35. The molecular formula is C13H14FNO4. The van der Waals surface area contributed by atoms with E-state index in [9.17, 15) is 14.0 Å². The Hall–Kier alpha value is -2.11. The highest BCUT2D eigenvalue weighted by atomic mass is 19.1. The van der Waals surface area contributed by atoms with E-state index in [2.05, 4.69) is 10.1 Å². The molecule has 1 aliphatic carbocycles. The molecule has 19 heavy (non-hydrogen) atoms. The summed E-state index contributed by atoms with van der Waals surface area (Å²) >= 11 is 0. The third-order valence-corrected chi connectivity index (χ3v) is 3.37. The van der Waals surface area contributed by atoms with E-state index in [1.165, 1.54) is 19.2 Å². The van der Waals surface area contributed by atoms with Gasteiger partial charge in [-0.15, -0.1) is 0 Å². The third kappa shape index (κ3) is 2.38. The van der Waals surface area contributed by atoms with Crippen molar-refractivity contribution in [2.24, 2.45) is 0 Å². The molecule has 1 fully saturated rings. The van der Waals surface area contributed by atoms with Gasteiger partial charge in [0.05, 0.1) is 12.7 Å². The number of carboxylic acids is 1. The molecule has 0 saturated heterocycles. The number of benzene rings is 1. The van der Waals surface area contributed by atoms with Crippen LogP contribution in [0.2, 0.25) is 0 Å². The Labute approximate surface area is 109 Å². The molecule has 0 heterocycles. The van der Waals surface area contributed by atoms with Crippen molar-refractivity contribution in [3.05, 3.63) is 29.6 Å². The van der Waals surface area contributed by atoms with Crippen molar-refractivity contribution < 1.29 is 23.8 Å². The topological polar surface area (TPSA) is 75.6 Å². The van der Waals surface area contributed by atoms with Crippen LogP contribution in [-0.4, -0.2) is 29.7 Å². The molecule has 0 aliphatic heterocycles. The van der Waals surface area contributed by atoms with Crippen LogP contribution in [0.15, 0.2) is 18.2 Å². The van der Waals surface area contributed by atoms with Gasteiger partial charge in [-0.2, -0.15) is 0 Å². The zero-order valence-electron chi connectivity index (χ0n) is 10.4. The van der Waals surface area contributed by atoms with E-state index in [4.69, 9.17) is 5.11 Å². The van der Waals surface area contributed by atoms with E-state index >= 15 is 0 Å². The Morgan fingerprint density at radius 2 is 2.11 bits per heavy atom. The minimum absolute atomic E-state index is 0.175. The van der Waals surface area contributed by atoms with E-state index in [-0.39, 0.29) is 5.56 Å². The van der Waals surface area contributed by atoms with Crippen LogP contribution in [0.25, 0.3) is 0 Å². The summed E-state index contributed by atoms with van der Waals surface area (Å²) in [5.41, 5.74) is -0.850. The molecule has 2 N–H and O–H groups in total. The molecule has 6 heteroatoms. The van der Waals surface area contributed by atoms with E-state index in [1.807, 2.05) is 0 Å². The molecule has 0 amide bonds. The lowest BCUT2D eigenvalue weighted by Crippen LogP contribution is -2.52. The van der Waals surface area contributed by atoms with Gasteiger partial charge in [0.2, 0.25) is 0 Å². The third-order valence-electron chi connectivity index (χ3n) is 3.37. The first-order valence-corrected chi connectivity index (χ1v) is 5.88. The molecule has 1 aliphatic rings. The maximum Gasteiger partial charge on any atom is 0.340 e. The lowest BCUT2D eigenvalue weighted by molar-refractivity contribution is -0.145. The number of aliphatic carboxylic acids is 1. The quantitative estimate of drug-likeness (QED) is 0.816. The number of hydrogen-bond donors (Lipinski definition) is 2. The fourth-order valence-electron chi connectivity index (χ4n) is 2.07. The average molecular weight is 267 g/mol. The van der Waals surface area contributed by atoms with Crippen LogP contribution in [0.5, 0.6) is 0 Å². The molecule has 0 radical (unpaired) electrons. The molecule has 0 aromatic heterocycles. The van der Waals surface area contributed by atoms with Crippen LogP contribution in [0.3, 0.4) is 0 Å². The summed E-state index contributed by atoms with van der Waals surface area (Å²) in [6.07, 6.45) is 1.83. The number of esters is 1. The van der Waals surface area contributed by atoms with Gasteiger partial charge in [0.15, 0.2) is 0 Å². The van der Waals surface area contributed by atoms with E-state index in [0.717, 1.165) is 12.5 Å². The molecule has 0 spiro atoms. The molecular weight excluding hydrogens is 253 g/mol. The summed E-state index contributed by atoms with van der Waals surface area (Å²) < 4.78 is 18.1. The number of nitrogens with one attached hydrogen (secondary N) is 1. The lowest BCUT2D eigenvalue weighted by atomic mass is 9.76. The standard InChI is InChI=1S/C13H14FNO4/c1-19-11(16)9-4-3-8(7-10(9)14)15-13(12(17)18)5-2-6-13/h3-4,7,15H,2,5-6H2,1H3,(H,17,18). The van der Waals surface area contributed by atoms with E-state index in [1.54, 1.807) is 0 Å². The minimum Gasteiger partial charge on any atom is -0.480 e. The molecule has 0 bridgehead atoms. The molecule has 0 unspecified atom stereocenters. The first-order valence-electron chi connectivity index (χ1n) is 5.88. The second-order valence-electron chi connectivity index (χ2n) is 4.55. The second-order valence-corrected chi connectivity index (χ2v) is 4.55. The number of hydrogen-bond acceptors (Lipinski definition) is 4. The Morgan fingerprint density at radius 3 is 2.53 bits per heavy atom. The van der Waals surface area contributed by atoms with Gasteiger partial charge in [0.1, 0.15) is 11.4 Å². The molecule has 1 aromatic rings. The predicted octanol–water partition coefficient (Wildman–Crippen LogP) is 2.03. The van der Waals surface area contributed by atoms with Crippen molar-refractivity contribution in [2.75, 3.05) is 12.4 Å². The monoisotopic (exact) mass is 267 g/mol. The summed E-state index contributed by atoms with van der Waals surface area (Å²) in [5, 5.41) is 12.0.